The molecule has 0 unspecified atom stereocenters. The number of phenols is 2. The van der Waals surface area contributed by atoms with E-state index in [1.807, 2.05) is 0 Å². The quantitative estimate of drug-likeness (QED) is 0.834. The molecule has 0 bridgehead atoms. The molecule has 0 aromatic heterocycles. The molecule has 20 heavy (non-hydrogen) atoms. The molecule has 0 spiro atoms. The number of carbonyl (C=O) groups excluding carboxylic acids is 1. The summed E-state index contributed by atoms with van der Waals surface area (Å²) in [6.45, 7) is 7.42. The summed E-state index contributed by atoms with van der Waals surface area (Å²) in [5, 5.41) is 19.5. The fraction of sp³-hybridized carbons (Fsp3) is 0. The predicted octanol–water partition coefficient (Wildman–Crippen LogP) is 3.39. The molecule has 2 aromatic rings. The van der Waals surface area contributed by atoms with E-state index in [2.05, 4.69) is 13.2 Å². The van der Waals surface area contributed by atoms with Gasteiger partial charge in [0.2, 0.25) is 0 Å². The lowest BCUT2D eigenvalue weighted by molar-refractivity contribution is -0.108. The second-order valence-corrected chi connectivity index (χ2v) is 4.32. The number of Topliss-reactive ketones (excluding diaryl/α,β-unsaturated/α-hetero) is 1. The standard InChI is InChI=1S/C17H14O3/c1-11(13-7-3-5-9-15(13)18)17(20)12(2)14-8-4-6-10-16(14)19/h3-10,18-19H,1-2H2. The Balaban J connectivity index is 2.33. The van der Waals surface area contributed by atoms with Crippen molar-refractivity contribution in [2.45, 2.75) is 0 Å². The number of allylic oxidation sites excluding steroid dienone is 2. The highest BCUT2D eigenvalue weighted by Crippen LogP contribution is 2.31. The summed E-state index contributed by atoms with van der Waals surface area (Å²) in [5.74, 6) is -0.458. The average molecular weight is 266 g/mol. The maximum absolute atomic E-state index is 12.3. The van der Waals surface area contributed by atoms with Gasteiger partial charge in [-0.3, -0.25) is 4.79 Å². The largest absolute Gasteiger partial charge is 0.507 e. The molecule has 0 atom stereocenters. The Bertz CT molecular complexity index is 639. The van der Waals surface area contributed by atoms with Crippen LogP contribution in [0.2, 0.25) is 0 Å². The lowest BCUT2D eigenvalue weighted by atomic mass is 9.94. The van der Waals surface area contributed by atoms with Gasteiger partial charge in [0.25, 0.3) is 0 Å². The SMILES string of the molecule is C=C(C(=O)C(=C)c1ccccc1O)c1ccccc1O. The average Bonchev–Trinajstić information content (AvgIpc) is 2.46. The van der Waals surface area contributed by atoms with E-state index >= 15 is 0 Å². The second-order valence-electron chi connectivity index (χ2n) is 4.32. The molecule has 0 radical (unpaired) electrons. The van der Waals surface area contributed by atoms with E-state index in [1.165, 1.54) is 12.1 Å². The normalized spacial score (nSPS) is 10.0. The van der Waals surface area contributed by atoms with Crippen molar-refractivity contribution in [2.24, 2.45) is 0 Å². The molecule has 2 aromatic carbocycles. The van der Waals surface area contributed by atoms with Crippen LogP contribution in [0.25, 0.3) is 11.1 Å². The van der Waals surface area contributed by atoms with Crippen LogP contribution in [0.4, 0.5) is 0 Å². The molecule has 0 heterocycles. The smallest absolute Gasteiger partial charge is 0.193 e. The Kier molecular flexibility index (Phi) is 3.71. The van der Waals surface area contributed by atoms with Crippen LogP contribution in [-0.2, 0) is 4.79 Å². The number of hydrogen-bond acceptors (Lipinski definition) is 3. The van der Waals surface area contributed by atoms with Crippen LogP contribution in [0, 0.1) is 0 Å². The van der Waals surface area contributed by atoms with E-state index in [9.17, 15) is 15.0 Å². The Morgan fingerprint density at radius 3 is 1.45 bits per heavy atom. The number of aromatic hydroxyl groups is 2. The monoisotopic (exact) mass is 266 g/mol. The van der Waals surface area contributed by atoms with Crippen molar-refractivity contribution in [1.29, 1.82) is 0 Å². The Morgan fingerprint density at radius 1 is 0.750 bits per heavy atom. The molecule has 0 aliphatic carbocycles. The van der Waals surface area contributed by atoms with Gasteiger partial charge in [0.1, 0.15) is 11.5 Å². The molecule has 3 nitrogen and oxygen atoms in total. The minimum atomic E-state index is -0.423. The molecular formula is C17H14O3. The number of ketones is 1. The van der Waals surface area contributed by atoms with E-state index < -0.39 is 5.78 Å². The van der Waals surface area contributed by atoms with Gasteiger partial charge < -0.3 is 10.2 Å². The first-order valence-corrected chi connectivity index (χ1v) is 6.01. The molecule has 100 valence electrons. The highest BCUT2D eigenvalue weighted by Gasteiger charge is 2.18. The molecule has 3 heteroatoms. The highest BCUT2D eigenvalue weighted by atomic mass is 16.3. The lowest BCUT2D eigenvalue weighted by Crippen LogP contribution is -2.03. The van der Waals surface area contributed by atoms with Crippen LogP contribution >= 0.6 is 0 Å². The predicted molar refractivity (Wildman–Crippen MR) is 79.3 cm³/mol. The van der Waals surface area contributed by atoms with Gasteiger partial charge in [-0.1, -0.05) is 49.6 Å². The van der Waals surface area contributed by atoms with Crippen LogP contribution in [0.3, 0.4) is 0 Å². The third kappa shape index (κ3) is 2.47. The Hall–Kier alpha value is -2.81. The zero-order chi connectivity index (χ0) is 14.7. The number of benzene rings is 2. The van der Waals surface area contributed by atoms with Crippen molar-refractivity contribution in [3.05, 3.63) is 72.8 Å². The summed E-state index contributed by atoms with van der Waals surface area (Å²) in [6, 6.07) is 12.9. The first-order valence-electron chi connectivity index (χ1n) is 6.01. The molecular weight excluding hydrogens is 252 g/mol. The van der Waals surface area contributed by atoms with Gasteiger partial charge in [-0.15, -0.1) is 0 Å². The molecule has 0 aliphatic heterocycles. The number of rotatable bonds is 4. The van der Waals surface area contributed by atoms with Crippen molar-refractivity contribution < 1.29 is 15.0 Å². The second kappa shape index (κ2) is 5.45. The minimum Gasteiger partial charge on any atom is -0.507 e. The Labute approximate surface area is 117 Å². The number of hydrogen-bond donors (Lipinski definition) is 2. The first-order chi connectivity index (χ1) is 9.52. The van der Waals surface area contributed by atoms with Gasteiger partial charge in [0.05, 0.1) is 0 Å². The van der Waals surface area contributed by atoms with Gasteiger partial charge in [0.15, 0.2) is 5.78 Å². The number of para-hydroxylation sites is 2. The lowest BCUT2D eigenvalue weighted by Gasteiger charge is -2.10. The molecule has 0 fully saturated rings. The maximum Gasteiger partial charge on any atom is 0.193 e. The fourth-order valence-electron chi connectivity index (χ4n) is 1.88. The van der Waals surface area contributed by atoms with Gasteiger partial charge in [-0.25, -0.2) is 0 Å². The van der Waals surface area contributed by atoms with E-state index in [0.717, 1.165) is 0 Å². The van der Waals surface area contributed by atoms with Gasteiger partial charge in [-0.2, -0.15) is 0 Å². The summed E-state index contributed by atoms with van der Waals surface area (Å²) < 4.78 is 0. The van der Waals surface area contributed by atoms with Gasteiger partial charge in [-0.05, 0) is 12.1 Å². The van der Waals surface area contributed by atoms with Crippen molar-refractivity contribution in [2.75, 3.05) is 0 Å². The van der Waals surface area contributed by atoms with Crippen molar-refractivity contribution in [1.82, 2.24) is 0 Å². The van der Waals surface area contributed by atoms with Crippen LogP contribution in [-0.4, -0.2) is 16.0 Å². The van der Waals surface area contributed by atoms with Crippen LogP contribution in [0.15, 0.2) is 61.7 Å². The van der Waals surface area contributed by atoms with Crippen LogP contribution in [0.1, 0.15) is 11.1 Å². The summed E-state index contributed by atoms with van der Waals surface area (Å²) in [7, 11) is 0. The van der Waals surface area contributed by atoms with Crippen LogP contribution < -0.4 is 0 Å². The third-order valence-electron chi connectivity index (χ3n) is 3.01. The fourth-order valence-corrected chi connectivity index (χ4v) is 1.88. The summed E-state index contributed by atoms with van der Waals surface area (Å²) in [6.07, 6.45) is 0. The van der Waals surface area contributed by atoms with E-state index in [1.54, 1.807) is 36.4 Å². The maximum atomic E-state index is 12.3. The molecule has 0 saturated heterocycles. The van der Waals surface area contributed by atoms with Crippen molar-refractivity contribution in [3.8, 4) is 11.5 Å². The Morgan fingerprint density at radius 2 is 1.10 bits per heavy atom. The zero-order valence-corrected chi connectivity index (χ0v) is 10.8. The molecule has 2 N–H and O–H groups in total. The molecule has 0 aliphatic rings. The third-order valence-corrected chi connectivity index (χ3v) is 3.01. The summed E-state index contributed by atoms with van der Waals surface area (Å²) in [4.78, 5) is 12.3. The van der Waals surface area contributed by atoms with Gasteiger partial charge >= 0.3 is 0 Å². The summed E-state index contributed by atoms with van der Waals surface area (Å²) in [5.41, 5.74) is 0.982. The van der Waals surface area contributed by atoms with E-state index in [0.29, 0.717) is 11.1 Å². The zero-order valence-electron chi connectivity index (χ0n) is 10.8. The van der Waals surface area contributed by atoms with Crippen molar-refractivity contribution >= 4 is 16.9 Å². The van der Waals surface area contributed by atoms with Gasteiger partial charge in [0, 0.05) is 22.3 Å². The van der Waals surface area contributed by atoms with E-state index in [4.69, 9.17) is 0 Å². The van der Waals surface area contributed by atoms with E-state index in [-0.39, 0.29) is 22.6 Å². The number of carbonyl (C=O) groups is 1. The molecule has 0 saturated carbocycles. The minimum absolute atomic E-state index is 0.0177. The highest BCUT2D eigenvalue weighted by molar-refractivity contribution is 6.42. The van der Waals surface area contributed by atoms with Crippen molar-refractivity contribution in [3.63, 3.8) is 0 Å². The first kappa shape index (κ1) is 13.6. The molecule has 2 rings (SSSR count). The number of phenolic OH excluding ortho intramolecular Hbond substituents is 2. The summed E-state index contributed by atoms with van der Waals surface area (Å²) >= 11 is 0. The topological polar surface area (TPSA) is 57.5 Å². The van der Waals surface area contributed by atoms with Crippen LogP contribution in [0.5, 0.6) is 11.5 Å². The molecule has 0 amide bonds.